The number of hydrogen-bond acceptors (Lipinski definition) is 2. The van der Waals surface area contributed by atoms with Gasteiger partial charge in [0.05, 0.1) is 17.0 Å². The van der Waals surface area contributed by atoms with Gasteiger partial charge in [-0.25, -0.2) is 0 Å². The molecule has 2 unspecified atom stereocenters. The molecule has 0 saturated carbocycles. The average Bonchev–Trinajstić information content (AvgIpc) is 3.16. The highest BCUT2D eigenvalue weighted by atomic mass is 32.1. The van der Waals surface area contributed by atoms with Crippen molar-refractivity contribution in [3.05, 3.63) is 52.2 Å². The number of anilines is 1. The summed E-state index contributed by atoms with van der Waals surface area (Å²) >= 11 is 7.51. The monoisotopic (exact) mass is 400 g/mol. The number of thiophene rings is 1. The van der Waals surface area contributed by atoms with Crippen LogP contribution in [0.3, 0.4) is 0 Å². The lowest BCUT2D eigenvalue weighted by Gasteiger charge is -2.46. The third-order valence-electron chi connectivity index (χ3n) is 6.21. The largest absolute Gasteiger partial charge is 0.359 e. The SMILES string of the molecule is CCc1ccc(NC(=S)NC2C[C@H]3CCC[C@@H](C2)[NH+]3Cc2cccs2)cc1. The Morgan fingerprint density at radius 2 is 1.89 bits per heavy atom. The summed E-state index contributed by atoms with van der Waals surface area (Å²) < 4.78 is 0. The Bertz CT molecular complexity index is 727. The van der Waals surface area contributed by atoms with Gasteiger partial charge in [0.15, 0.2) is 5.11 Å². The lowest BCUT2D eigenvalue weighted by atomic mass is 9.81. The smallest absolute Gasteiger partial charge is 0.171 e. The van der Waals surface area contributed by atoms with E-state index in [0.717, 1.165) is 29.3 Å². The summed E-state index contributed by atoms with van der Waals surface area (Å²) in [5.74, 6) is 0. The van der Waals surface area contributed by atoms with Crippen LogP contribution in [0.5, 0.6) is 0 Å². The summed E-state index contributed by atoms with van der Waals surface area (Å²) in [6, 6.07) is 15.1. The Balaban J connectivity index is 1.33. The number of quaternary nitrogens is 1. The molecule has 4 atom stereocenters. The van der Waals surface area contributed by atoms with Gasteiger partial charge in [0.2, 0.25) is 0 Å². The molecule has 4 rings (SSSR count). The second-order valence-corrected chi connectivity index (χ2v) is 9.41. The quantitative estimate of drug-likeness (QED) is 0.668. The van der Waals surface area contributed by atoms with E-state index in [9.17, 15) is 0 Å². The molecule has 0 aliphatic carbocycles. The Morgan fingerprint density at radius 1 is 1.15 bits per heavy atom. The predicted molar refractivity (Wildman–Crippen MR) is 119 cm³/mol. The van der Waals surface area contributed by atoms with E-state index < -0.39 is 0 Å². The molecule has 3 heterocycles. The Kier molecular flexibility index (Phi) is 6.11. The molecule has 0 spiro atoms. The highest BCUT2D eigenvalue weighted by molar-refractivity contribution is 7.80. The first-order valence-electron chi connectivity index (χ1n) is 10.3. The van der Waals surface area contributed by atoms with Crippen molar-refractivity contribution in [3.8, 4) is 0 Å². The minimum atomic E-state index is 0.502. The lowest BCUT2D eigenvalue weighted by molar-refractivity contribution is -0.973. The molecule has 0 amide bonds. The molecular formula is C22H30N3S2+. The number of fused-ring (bicyclic) bond motifs is 2. The van der Waals surface area contributed by atoms with Crippen LogP contribution in [0.2, 0.25) is 0 Å². The molecule has 2 bridgehead atoms. The Labute approximate surface area is 172 Å². The number of aryl methyl sites for hydroxylation is 1. The molecule has 2 aliphatic heterocycles. The Morgan fingerprint density at radius 3 is 2.52 bits per heavy atom. The molecule has 2 aromatic rings. The maximum atomic E-state index is 5.61. The van der Waals surface area contributed by atoms with Crippen molar-refractivity contribution < 1.29 is 4.90 Å². The van der Waals surface area contributed by atoms with Gasteiger partial charge in [0.1, 0.15) is 6.54 Å². The Hall–Kier alpha value is -1.43. The van der Waals surface area contributed by atoms with Crippen LogP contribution >= 0.6 is 23.6 Å². The highest BCUT2D eigenvalue weighted by Crippen LogP contribution is 2.23. The first-order valence-corrected chi connectivity index (χ1v) is 11.5. The van der Waals surface area contributed by atoms with Gasteiger partial charge in [-0.1, -0.05) is 25.1 Å². The third-order valence-corrected chi connectivity index (χ3v) is 7.30. The fourth-order valence-corrected chi connectivity index (χ4v) is 5.86. The van der Waals surface area contributed by atoms with E-state index in [2.05, 4.69) is 59.3 Å². The van der Waals surface area contributed by atoms with Crippen molar-refractivity contribution in [3.63, 3.8) is 0 Å². The van der Waals surface area contributed by atoms with Crippen molar-refractivity contribution >= 4 is 34.4 Å². The summed E-state index contributed by atoms with van der Waals surface area (Å²) in [5, 5.41) is 9.95. The maximum Gasteiger partial charge on any atom is 0.171 e. The topological polar surface area (TPSA) is 28.5 Å². The van der Waals surface area contributed by atoms with Crippen LogP contribution in [0.15, 0.2) is 41.8 Å². The number of thiocarbonyl (C=S) groups is 1. The van der Waals surface area contributed by atoms with E-state index in [0.29, 0.717) is 6.04 Å². The zero-order valence-corrected chi connectivity index (χ0v) is 17.7. The molecule has 1 aromatic carbocycles. The van der Waals surface area contributed by atoms with Gasteiger partial charge in [-0.2, -0.15) is 0 Å². The van der Waals surface area contributed by atoms with Crippen molar-refractivity contribution in [1.82, 2.24) is 5.32 Å². The van der Waals surface area contributed by atoms with Gasteiger partial charge in [-0.15, -0.1) is 11.3 Å². The van der Waals surface area contributed by atoms with Gasteiger partial charge in [-0.05, 0) is 67.0 Å². The first kappa shape index (κ1) is 18.9. The maximum absolute atomic E-state index is 5.61. The number of rotatable bonds is 5. The predicted octanol–water partition coefficient (Wildman–Crippen LogP) is 3.77. The molecule has 1 aromatic heterocycles. The van der Waals surface area contributed by atoms with E-state index in [1.807, 2.05) is 16.2 Å². The zero-order chi connectivity index (χ0) is 18.6. The van der Waals surface area contributed by atoms with Crippen molar-refractivity contribution in [2.24, 2.45) is 0 Å². The minimum absolute atomic E-state index is 0.502. The van der Waals surface area contributed by atoms with Gasteiger partial charge in [-0.3, -0.25) is 0 Å². The van der Waals surface area contributed by atoms with Crippen LogP contribution in [0, 0.1) is 0 Å². The van der Waals surface area contributed by atoms with Crippen LogP contribution in [0.25, 0.3) is 0 Å². The standard InChI is InChI=1S/C22H29N3S2/c1-2-16-8-10-17(11-9-16)23-22(26)24-18-13-19-5-3-6-20(14-18)25(19)15-21-7-4-12-27-21/h4,7-12,18-20H,2-3,5-6,13-15H2,1H3,(H2,23,24,26)/p+1/t18?,19-,20+. The van der Waals surface area contributed by atoms with Crippen molar-refractivity contribution in [2.75, 3.05) is 5.32 Å². The van der Waals surface area contributed by atoms with E-state index in [-0.39, 0.29) is 0 Å². The fraction of sp³-hybridized carbons (Fsp3) is 0.500. The third kappa shape index (κ3) is 4.71. The first-order chi connectivity index (χ1) is 13.2. The number of benzene rings is 1. The van der Waals surface area contributed by atoms with Crippen molar-refractivity contribution in [2.45, 2.75) is 70.1 Å². The molecule has 27 heavy (non-hydrogen) atoms. The molecule has 2 saturated heterocycles. The van der Waals surface area contributed by atoms with E-state index in [4.69, 9.17) is 12.2 Å². The summed E-state index contributed by atoms with van der Waals surface area (Å²) in [6.45, 7) is 3.38. The molecule has 3 nitrogen and oxygen atoms in total. The fourth-order valence-electron chi connectivity index (χ4n) is 4.83. The van der Waals surface area contributed by atoms with E-state index in [1.165, 1.54) is 49.1 Å². The molecule has 3 N–H and O–H groups in total. The second kappa shape index (κ2) is 8.72. The lowest BCUT2D eigenvalue weighted by Crippen LogP contribution is -3.20. The minimum Gasteiger partial charge on any atom is -0.359 e. The molecular weight excluding hydrogens is 370 g/mol. The van der Waals surface area contributed by atoms with E-state index >= 15 is 0 Å². The van der Waals surface area contributed by atoms with Crippen LogP contribution in [0.1, 0.15) is 49.5 Å². The van der Waals surface area contributed by atoms with Crippen molar-refractivity contribution in [1.29, 1.82) is 0 Å². The molecule has 2 fully saturated rings. The van der Waals surface area contributed by atoms with Crippen LogP contribution in [-0.2, 0) is 13.0 Å². The van der Waals surface area contributed by atoms with E-state index in [1.54, 1.807) is 0 Å². The normalized spacial score (nSPS) is 27.1. The molecule has 5 heteroatoms. The summed E-state index contributed by atoms with van der Waals surface area (Å²) in [7, 11) is 0. The summed E-state index contributed by atoms with van der Waals surface area (Å²) in [6.07, 6.45) is 7.63. The summed E-state index contributed by atoms with van der Waals surface area (Å²) in [5.41, 5.74) is 2.43. The molecule has 144 valence electrons. The number of piperidine rings is 2. The average molecular weight is 401 g/mol. The van der Waals surface area contributed by atoms with Gasteiger partial charge < -0.3 is 15.5 Å². The summed E-state index contributed by atoms with van der Waals surface area (Å²) in [4.78, 5) is 3.34. The van der Waals surface area contributed by atoms with Crippen LogP contribution in [0.4, 0.5) is 5.69 Å². The molecule has 2 aliphatic rings. The number of nitrogens with one attached hydrogen (secondary N) is 3. The highest BCUT2D eigenvalue weighted by Gasteiger charge is 2.41. The van der Waals surface area contributed by atoms with Crippen LogP contribution < -0.4 is 15.5 Å². The van der Waals surface area contributed by atoms with Gasteiger partial charge in [0, 0.05) is 24.6 Å². The number of hydrogen-bond donors (Lipinski definition) is 3. The van der Waals surface area contributed by atoms with Gasteiger partial charge >= 0.3 is 0 Å². The van der Waals surface area contributed by atoms with Crippen LogP contribution in [-0.4, -0.2) is 23.2 Å². The zero-order valence-electron chi connectivity index (χ0n) is 16.0. The van der Waals surface area contributed by atoms with Gasteiger partial charge in [0.25, 0.3) is 0 Å². The molecule has 0 radical (unpaired) electrons. The second-order valence-electron chi connectivity index (χ2n) is 7.97.